The van der Waals surface area contributed by atoms with Crippen LogP contribution in [0.2, 0.25) is 5.02 Å². The average Bonchev–Trinajstić information content (AvgIpc) is 2.92. The molecule has 3 aromatic rings. The number of benzene rings is 3. The van der Waals surface area contributed by atoms with E-state index in [1.54, 1.807) is 53.4 Å². The lowest BCUT2D eigenvalue weighted by Gasteiger charge is -2.42. The van der Waals surface area contributed by atoms with Crippen LogP contribution in [0.1, 0.15) is 30.5 Å². The van der Waals surface area contributed by atoms with Crippen molar-refractivity contribution < 1.29 is 9.90 Å². The Labute approximate surface area is 186 Å². The molecule has 5 nitrogen and oxygen atoms in total. The highest BCUT2D eigenvalue weighted by Gasteiger charge is 2.64. The molecule has 4 rings (SSSR count). The number of hydrogen-bond donors (Lipinski definition) is 1. The predicted molar refractivity (Wildman–Crippen MR) is 122 cm³/mol. The summed E-state index contributed by atoms with van der Waals surface area (Å²) >= 11 is 6.06. The summed E-state index contributed by atoms with van der Waals surface area (Å²) in [5.41, 5.74) is 0.251. The largest absolute Gasteiger partial charge is 0.365 e. The van der Waals surface area contributed by atoms with E-state index in [9.17, 15) is 15.2 Å². The van der Waals surface area contributed by atoms with Crippen LogP contribution in [0.4, 0.5) is 16.2 Å². The first-order valence-corrected chi connectivity index (χ1v) is 10.3. The van der Waals surface area contributed by atoms with E-state index in [-0.39, 0.29) is 6.03 Å². The monoisotopic (exact) mass is 431 g/mol. The predicted octanol–water partition coefficient (Wildman–Crippen LogP) is 5.59. The minimum absolute atomic E-state index is 0.374. The molecule has 31 heavy (non-hydrogen) atoms. The summed E-state index contributed by atoms with van der Waals surface area (Å²) in [4.78, 5) is 16.8. The van der Waals surface area contributed by atoms with Gasteiger partial charge in [0.2, 0.25) is 0 Å². The van der Waals surface area contributed by atoms with Gasteiger partial charge in [0.25, 0.3) is 0 Å². The topological polar surface area (TPSA) is 67.6 Å². The first-order chi connectivity index (χ1) is 14.7. The van der Waals surface area contributed by atoms with Crippen molar-refractivity contribution in [3.8, 4) is 6.07 Å². The number of amides is 2. The summed E-state index contributed by atoms with van der Waals surface area (Å²) in [7, 11) is 0. The van der Waals surface area contributed by atoms with E-state index in [1.807, 2.05) is 45.0 Å². The third-order valence-electron chi connectivity index (χ3n) is 5.89. The van der Waals surface area contributed by atoms with Crippen molar-refractivity contribution in [1.29, 1.82) is 5.26 Å². The molecule has 0 radical (unpaired) electrons. The van der Waals surface area contributed by atoms with E-state index in [0.717, 1.165) is 5.56 Å². The lowest BCUT2D eigenvalue weighted by atomic mass is 9.83. The van der Waals surface area contributed by atoms with Gasteiger partial charge in [0.15, 0.2) is 5.72 Å². The third kappa shape index (κ3) is 3.16. The van der Waals surface area contributed by atoms with Crippen LogP contribution in [-0.2, 0) is 5.72 Å². The van der Waals surface area contributed by atoms with Gasteiger partial charge in [-0.15, -0.1) is 0 Å². The SMILES string of the molecule is Cc1ccc(N2C(=O)N(c3ccc(Cl)cc3)C(C)(C)C2(O)c2cccc(C#N)c2)cc1. The first kappa shape index (κ1) is 20.9. The number of halogens is 1. The fourth-order valence-electron chi connectivity index (χ4n) is 4.21. The van der Waals surface area contributed by atoms with Crippen molar-refractivity contribution in [2.24, 2.45) is 0 Å². The van der Waals surface area contributed by atoms with Gasteiger partial charge in [-0.1, -0.05) is 41.4 Å². The molecule has 6 heteroatoms. The van der Waals surface area contributed by atoms with Crippen molar-refractivity contribution in [3.05, 3.63) is 94.5 Å². The highest BCUT2D eigenvalue weighted by Crippen LogP contribution is 2.50. The van der Waals surface area contributed by atoms with E-state index in [2.05, 4.69) is 6.07 Å². The van der Waals surface area contributed by atoms with Crippen LogP contribution >= 0.6 is 11.6 Å². The van der Waals surface area contributed by atoms with E-state index < -0.39 is 11.3 Å². The van der Waals surface area contributed by atoms with E-state index in [1.165, 1.54) is 4.90 Å². The van der Waals surface area contributed by atoms with E-state index >= 15 is 0 Å². The number of rotatable bonds is 3. The molecule has 1 atom stereocenters. The van der Waals surface area contributed by atoms with Crippen molar-refractivity contribution in [1.82, 2.24) is 0 Å². The number of anilines is 2. The number of carbonyl (C=O) groups excluding carboxylic acids is 1. The number of nitriles is 1. The summed E-state index contributed by atoms with van der Waals surface area (Å²) in [5.74, 6) is 0. The Morgan fingerprint density at radius 2 is 1.52 bits per heavy atom. The molecule has 0 saturated carbocycles. The molecule has 1 heterocycles. The number of aliphatic hydroxyl groups is 1. The van der Waals surface area contributed by atoms with Crippen LogP contribution in [0.5, 0.6) is 0 Å². The van der Waals surface area contributed by atoms with Gasteiger partial charge in [0.1, 0.15) is 0 Å². The van der Waals surface area contributed by atoms with Crippen LogP contribution in [0, 0.1) is 18.3 Å². The number of aryl methyl sites for hydroxylation is 1. The van der Waals surface area contributed by atoms with Gasteiger partial charge in [-0.25, -0.2) is 4.79 Å². The van der Waals surface area contributed by atoms with Crippen LogP contribution in [0.25, 0.3) is 0 Å². The fourth-order valence-corrected chi connectivity index (χ4v) is 4.34. The highest BCUT2D eigenvalue weighted by molar-refractivity contribution is 6.30. The van der Waals surface area contributed by atoms with E-state index in [4.69, 9.17) is 11.6 Å². The summed E-state index contributed by atoms with van der Waals surface area (Å²) in [6, 6.07) is 22.8. The van der Waals surface area contributed by atoms with Crippen molar-refractivity contribution in [3.63, 3.8) is 0 Å². The van der Waals surface area contributed by atoms with Gasteiger partial charge < -0.3 is 5.11 Å². The first-order valence-electron chi connectivity index (χ1n) is 9.90. The number of carbonyl (C=O) groups is 1. The maximum Gasteiger partial charge on any atom is 0.332 e. The second-order valence-corrected chi connectivity index (χ2v) is 8.63. The molecule has 0 spiro atoms. The van der Waals surface area contributed by atoms with Crippen molar-refractivity contribution in [2.45, 2.75) is 32.0 Å². The molecule has 1 fully saturated rings. The Hall–Kier alpha value is -3.33. The third-order valence-corrected chi connectivity index (χ3v) is 6.14. The molecular weight excluding hydrogens is 410 g/mol. The summed E-state index contributed by atoms with van der Waals surface area (Å²) in [6.07, 6.45) is 0. The smallest absolute Gasteiger partial charge is 0.332 e. The van der Waals surface area contributed by atoms with Gasteiger partial charge in [-0.3, -0.25) is 9.80 Å². The molecule has 1 aliphatic rings. The van der Waals surface area contributed by atoms with Gasteiger partial charge in [-0.2, -0.15) is 5.26 Å². The molecule has 2 amide bonds. The quantitative estimate of drug-likeness (QED) is 0.587. The summed E-state index contributed by atoms with van der Waals surface area (Å²) in [6.45, 7) is 5.58. The molecule has 1 aliphatic heterocycles. The minimum atomic E-state index is -1.74. The Morgan fingerprint density at radius 3 is 2.13 bits per heavy atom. The second kappa shape index (κ2) is 7.42. The Kier molecular flexibility index (Phi) is 5.01. The van der Waals surface area contributed by atoms with Crippen molar-refractivity contribution >= 4 is 29.0 Å². The molecule has 156 valence electrons. The zero-order valence-corrected chi connectivity index (χ0v) is 18.3. The Balaban J connectivity index is 1.98. The molecule has 1 saturated heterocycles. The zero-order chi connectivity index (χ0) is 22.4. The molecule has 1 N–H and O–H groups in total. The summed E-state index contributed by atoms with van der Waals surface area (Å²) in [5, 5.41) is 22.2. The normalized spacial score (nSPS) is 20.1. The van der Waals surface area contributed by atoms with Gasteiger partial charge in [0.05, 0.1) is 17.2 Å². The van der Waals surface area contributed by atoms with Gasteiger partial charge in [-0.05, 0) is 69.3 Å². The molecule has 1 unspecified atom stereocenters. The van der Waals surface area contributed by atoms with Crippen LogP contribution in [0.3, 0.4) is 0 Å². The second-order valence-electron chi connectivity index (χ2n) is 8.19. The highest BCUT2D eigenvalue weighted by atomic mass is 35.5. The Bertz CT molecular complexity index is 1180. The molecule has 0 bridgehead atoms. The van der Waals surface area contributed by atoms with Crippen LogP contribution in [-0.4, -0.2) is 16.7 Å². The van der Waals surface area contributed by atoms with Crippen LogP contribution in [0.15, 0.2) is 72.8 Å². The molecule has 3 aromatic carbocycles. The molecule has 0 aromatic heterocycles. The van der Waals surface area contributed by atoms with E-state index in [0.29, 0.717) is 27.5 Å². The summed E-state index contributed by atoms with van der Waals surface area (Å²) < 4.78 is 0. The lowest BCUT2D eigenvalue weighted by molar-refractivity contribution is -0.00249. The number of nitrogens with zero attached hydrogens (tertiary/aromatic N) is 3. The maximum atomic E-state index is 13.8. The number of urea groups is 1. The van der Waals surface area contributed by atoms with Gasteiger partial charge >= 0.3 is 6.03 Å². The Morgan fingerprint density at radius 1 is 0.935 bits per heavy atom. The minimum Gasteiger partial charge on any atom is -0.365 e. The molecule has 0 aliphatic carbocycles. The maximum absolute atomic E-state index is 13.8. The number of hydrogen-bond acceptors (Lipinski definition) is 3. The van der Waals surface area contributed by atoms with Gasteiger partial charge in [0, 0.05) is 22.0 Å². The lowest BCUT2D eigenvalue weighted by Crippen LogP contribution is -2.56. The fraction of sp³-hybridized carbons (Fsp3) is 0.200. The van der Waals surface area contributed by atoms with Crippen LogP contribution < -0.4 is 9.80 Å². The average molecular weight is 432 g/mol. The molecular formula is C25H22ClN3O2. The zero-order valence-electron chi connectivity index (χ0n) is 17.5. The van der Waals surface area contributed by atoms with Crippen molar-refractivity contribution in [2.75, 3.05) is 9.80 Å². The standard InChI is InChI=1S/C25H22ClN3O2/c1-17-7-11-22(12-8-17)29-23(30)28(21-13-9-20(26)10-14-21)24(2,3)25(29,31)19-6-4-5-18(15-19)16-27/h4-15,31H,1-3H3.